The molecule has 2 fully saturated rings. The van der Waals surface area contributed by atoms with Crippen molar-refractivity contribution in [2.24, 2.45) is 0 Å². The quantitative estimate of drug-likeness (QED) is 0.843. The van der Waals surface area contributed by atoms with Crippen LogP contribution >= 0.6 is 0 Å². The van der Waals surface area contributed by atoms with Gasteiger partial charge in [-0.05, 0) is 37.1 Å². The first kappa shape index (κ1) is 12.9. The minimum Gasteiger partial charge on any atom is -0.369 e. The van der Waals surface area contributed by atoms with Gasteiger partial charge in [0.1, 0.15) is 5.82 Å². The smallest absolute Gasteiger partial charge is 0.217 e. The lowest BCUT2D eigenvalue weighted by Crippen LogP contribution is -2.49. The third kappa shape index (κ3) is 2.60. The lowest BCUT2D eigenvalue weighted by Gasteiger charge is -2.35. The Bertz CT molecular complexity index is 547. The molecule has 19 heavy (non-hydrogen) atoms. The van der Waals surface area contributed by atoms with Crippen molar-refractivity contribution in [3.63, 3.8) is 0 Å². The molecule has 6 heteroatoms. The van der Waals surface area contributed by atoms with Gasteiger partial charge in [-0.3, -0.25) is 0 Å². The highest BCUT2D eigenvalue weighted by Gasteiger charge is 2.40. The van der Waals surface area contributed by atoms with Crippen LogP contribution in [0.4, 0.5) is 10.1 Å². The first-order chi connectivity index (χ1) is 9.07. The fourth-order valence-electron chi connectivity index (χ4n) is 2.43. The number of hydrogen-bond donors (Lipinski definition) is 0. The number of anilines is 1. The lowest BCUT2D eigenvalue weighted by atomic mass is 10.2. The molecule has 1 aliphatic heterocycles. The van der Waals surface area contributed by atoms with E-state index in [2.05, 4.69) is 4.90 Å². The van der Waals surface area contributed by atoms with E-state index in [4.69, 9.17) is 0 Å². The molecule has 0 radical (unpaired) electrons. The van der Waals surface area contributed by atoms with Crippen molar-refractivity contribution in [2.45, 2.75) is 18.1 Å². The highest BCUT2D eigenvalue weighted by molar-refractivity contribution is 7.90. The summed E-state index contributed by atoms with van der Waals surface area (Å²) in [5, 5.41) is -0.134. The maximum absolute atomic E-state index is 12.9. The van der Waals surface area contributed by atoms with E-state index in [-0.39, 0.29) is 11.1 Å². The van der Waals surface area contributed by atoms with Crippen LogP contribution in [-0.4, -0.2) is 44.2 Å². The van der Waals surface area contributed by atoms with Crippen molar-refractivity contribution in [1.82, 2.24) is 4.31 Å². The number of hydrogen-bond acceptors (Lipinski definition) is 3. The summed E-state index contributed by atoms with van der Waals surface area (Å²) in [5.74, 6) is -0.251. The third-order valence-electron chi connectivity index (χ3n) is 3.74. The zero-order chi connectivity index (χ0) is 13.5. The summed E-state index contributed by atoms with van der Waals surface area (Å²) in [6.07, 6.45) is 1.61. The van der Waals surface area contributed by atoms with Crippen LogP contribution < -0.4 is 4.90 Å². The van der Waals surface area contributed by atoms with Gasteiger partial charge in [0.05, 0.1) is 5.25 Å². The van der Waals surface area contributed by atoms with Crippen LogP contribution in [0.1, 0.15) is 12.8 Å². The van der Waals surface area contributed by atoms with Gasteiger partial charge >= 0.3 is 0 Å². The molecule has 1 aromatic rings. The molecular weight excluding hydrogens is 267 g/mol. The summed E-state index contributed by atoms with van der Waals surface area (Å²) in [6.45, 7) is 2.38. The van der Waals surface area contributed by atoms with Gasteiger partial charge < -0.3 is 4.90 Å². The summed E-state index contributed by atoms with van der Waals surface area (Å²) in [5.41, 5.74) is 0.949. The van der Waals surface area contributed by atoms with Crippen molar-refractivity contribution in [1.29, 1.82) is 0 Å². The number of benzene rings is 1. The fraction of sp³-hybridized carbons (Fsp3) is 0.538. The zero-order valence-corrected chi connectivity index (χ0v) is 11.4. The van der Waals surface area contributed by atoms with Gasteiger partial charge in [-0.1, -0.05) is 0 Å². The largest absolute Gasteiger partial charge is 0.369 e. The number of sulfonamides is 1. The van der Waals surface area contributed by atoms with Crippen LogP contribution in [0, 0.1) is 5.82 Å². The second-order valence-electron chi connectivity index (χ2n) is 5.11. The van der Waals surface area contributed by atoms with Gasteiger partial charge in [-0.25, -0.2) is 12.8 Å². The van der Waals surface area contributed by atoms with Crippen molar-refractivity contribution < 1.29 is 12.8 Å². The molecular formula is C13H17FN2O2S. The summed E-state index contributed by atoms with van der Waals surface area (Å²) >= 11 is 0. The summed E-state index contributed by atoms with van der Waals surface area (Å²) in [6, 6.07) is 6.34. The topological polar surface area (TPSA) is 40.6 Å². The monoisotopic (exact) mass is 284 g/mol. The minimum atomic E-state index is -3.05. The zero-order valence-electron chi connectivity index (χ0n) is 10.6. The molecule has 0 bridgehead atoms. The SMILES string of the molecule is O=S(=O)(C1CC1)N1CCN(c2ccc(F)cc2)CC1. The van der Waals surface area contributed by atoms with Crippen LogP contribution in [0.5, 0.6) is 0 Å². The molecule has 3 rings (SSSR count). The highest BCUT2D eigenvalue weighted by Crippen LogP contribution is 2.31. The van der Waals surface area contributed by atoms with Gasteiger partial charge in [-0.15, -0.1) is 0 Å². The summed E-state index contributed by atoms with van der Waals surface area (Å²) in [7, 11) is -3.05. The Morgan fingerprint density at radius 1 is 1.00 bits per heavy atom. The van der Waals surface area contributed by atoms with Crippen molar-refractivity contribution in [3.05, 3.63) is 30.1 Å². The normalized spacial score (nSPS) is 21.6. The van der Waals surface area contributed by atoms with E-state index in [9.17, 15) is 12.8 Å². The van der Waals surface area contributed by atoms with Crippen LogP contribution in [0.25, 0.3) is 0 Å². The van der Waals surface area contributed by atoms with Crippen LogP contribution in [0.15, 0.2) is 24.3 Å². The standard InChI is InChI=1S/C13H17FN2O2S/c14-11-1-3-12(4-2-11)15-7-9-16(10-8-15)19(17,18)13-5-6-13/h1-4,13H,5-10H2. The van der Waals surface area contributed by atoms with E-state index in [0.29, 0.717) is 26.2 Å². The minimum absolute atomic E-state index is 0.134. The molecule has 2 aliphatic rings. The van der Waals surface area contributed by atoms with Gasteiger partial charge in [0.15, 0.2) is 0 Å². The summed E-state index contributed by atoms with van der Waals surface area (Å²) < 4.78 is 38.7. The third-order valence-corrected chi connectivity index (χ3v) is 6.13. The molecule has 1 heterocycles. The van der Waals surface area contributed by atoms with Crippen molar-refractivity contribution in [2.75, 3.05) is 31.1 Å². The predicted molar refractivity (Wildman–Crippen MR) is 72.1 cm³/mol. The molecule has 1 saturated carbocycles. The molecule has 1 saturated heterocycles. The maximum atomic E-state index is 12.9. The summed E-state index contributed by atoms with van der Waals surface area (Å²) in [4.78, 5) is 2.10. The van der Waals surface area contributed by atoms with E-state index in [0.717, 1.165) is 18.5 Å². The fourth-order valence-corrected chi connectivity index (χ4v) is 4.26. The average Bonchev–Trinajstić information content (AvgIpc) is 3.24. The van der Waals surface area contributed by atoms with Gasteiger partial charge in [-0.2, -0.15) is 4.31 Å². The van der Waals surface area contributed by atoms with E-state index in [1.807, 2.05) is 0 Å². The predicted octanol–water partition coefficient (Wildman–Crippen LogP) is 1.44. The lowest BCUT2D eigenvalue weighted by molar-refractivity contribution is 0.384. The number of halogens is 1. The van der Waals surface area contributed by atoms with E-state index < -0.39 is 10.0 Å². The molecule has 0 spiro atoms. The number of nitrogens with zero attached hydrogens (tertiary/aromatic N) is 2. The van der Waals surface area contributed by atoms with Crippen molar-refractivity contribution in [3.8, 4) is 0 Å². The Morgan fingerprint density at radius 3 is 2.11 bits per heavy atom. The Kier molecular flexibility index (Phi) is 3.22. The molecule has 1 aliphatic carbocycles. The van der Waals surface area contributed by atoms with Gasteiger partial charge in [0, 0.05) is 31.9 Å². The molecule has 0 unspecified atom stereocenters. The maximum Gasteiger partial charge on any atom is 0.217 e. The number of piperazine rings is 1. The second kappa shape index (κ2) is 4.76. The molecule has 0 amide bonds. The van der Waals surface area contributed by atoms with Crippen molar-refractivity contribution >= 4 is 15.7 Å². The Morgan fingerprint density at radius 2 is 1.58 bits per heavy atom. The molecule has 104 valence electrons. The molecule has 0 N–H and O–H groups in total. The molecule has 4 nitrogen and oxygen atoms in total. The van der Waals surface area contributed by atoms with Gasteiger partial charge in [0.25, 0.3) is 0 Å². The second-order valence-corrected chi connectivity index (χ2v) is 7.32. The molecule has 0 atom stereocenters. The Hall–Kier alpha value is -1.14. The Labute approximate surface area is 112 Å². The number of rotatable bonds is 3. The van der Waals surface area contributed by atoms with Crippen LogP contribution in [0.3, 0.4) is 0 Å². The van der Waals surface area contributed by atoms with E-state index in [1.54, 1.807) is 16.4 Å². The Balaban J connectivity index is 1.64. The van der Waals surface area contributed by atoms with E-state index in [1.165, 1.54) is 12.1 Å². The first-order valence-corrected chi connectivity index (χ1v) is 8.07. The highest BCUT2D eigenvalue weighted by atomic mass is 32.2. The van der Waals surface area contributed by atoms with Crippen LogP contribution in [-0.2, 0) is 10.0 Å². The first-order valence-electron chi connectivity index (χ1n) is 6.57. The molecule has 0 aromatic heterocycles. The van der Waals surface area contributed by atoms with E-state index >= 15 is 0 Å². The molecule has 1 aromatic carbocycles. The van der Waals surface area contributed by atoms with Crippen LogP contribution in [0.2, 0.25) is 0 Å². The average molecular weight is 284 g/mol. The van der Waals surface area contributed by atoms with Gasteiger partial charge in [0.2, 0.25) is 10.0 Å².